The van der Waals surface area contributed by atoms with Crippen LogP contribution in [-0.2, 0) is 16.2 Å². The Balaban J connectivity index is 2.08. The van der Waals surface area contributed by atoms with Crippen LogP contribution in [0, 0.1) is 11.3 Å². The number of hydrogen-bond donors (Lipinski definition) is 1. The van der Waals surface area contributed by atoms with Gasteiger partial charge in [0.15, 0.2) is 11.4 Å². The molecule has 166 valence electrons. The SMILES string of the molecule is N#Cc1ccc(-n2nnc(C(=O)NS(=O)(=O)c3cc(Cl)ccc3Cl)c2C(F)(F)F)c(Cl)c1. The molecule has 2 aromatic carbocycles. The van der Waals surface area contributed by atoms with Crippen molar-refractivity contribution in [1.82, 2.24) is 19.7 Å². The Bertz CT molecular complexity index is 1380. The van der Waals surface area contributed by atoms with Gasteiger partial charge in [-0.3, -0.25) is 4.79 Å². The number of halogens is 6. The molecule has 0 spiro atoms. The zero-order chi connectivity index (χ0) is 23.8. The van der Waals surface area contributed by atoms with E-state index in [0.717, 1.165) is 24.3 Å². The van der Waals surface area contributed by atoms with E-state index in [1.54, 1.807) is 6.07 Å². The fraction of sp³-hybridized carbons (Fsp3) is 0.0588. The number of hydrogen-bond acceptors (Lipinski definition) is 6. The van der Waals surface area contributed by atoms with Crippen molar-refractivity contribution in [2.75, 3.05) is 0 Å². The van der Waals surface area contributed by atoms with E-state index in [-0.39, 0.29) is 31.0 Å². The topological polar surface area (TPSA) is 118 Å². The average Bonchev–Trinajstić information content (AvgIpc) is 3.15. The van der Waals surface area contributed by atoms with Gasteiger partial charge in [-0.15, -0.1) is 5.10 Å². The van der Waals surface area contributed by atoms with Crippen molar-refractivity contribution in [3.05, 3.63) is 68.4 Å². The highest BCUT2D eigenvalue weighted by molar-refractivity contribution is 7.90. The molecule has 0 aliphatic carbocycles. The van der Waals surface area contributed by atoms with Crippen LogP contribution >= 0.6 is 34.8 Å². The minimum absolute atomic E-state index is 0.0420. The summed E-state index contributed by atoms with van der Waals surface area (Å²) in [5.74, 6) is -1.72. The largest absolute Gasteiger partial charge is 0.435 e. The Morgan fingerprint density at radius 1 is 1.09 bits per heavy atom. The number of amides is 1. The zero-order valence-corrected chi connectivity index (χ0v) is 18.2. The first-order valence-electron chi connectivity index (χ1n) is 8.10. The lowest BCUT2D eigenvalue weighted by atomic mass is 10.2. The summed E-state index contributed by atoms with van der Waals surface area (Å²) in [7, 11) is -4.72. The second kappa shape index (κ2) is 8.59. The molecule has 1 heterocycles. The maximum Gasteiger partial charge on any atom is 0.435 e. The smallest absolute Gasteiger partial charge is 0.266 e. The summed E-state index contributed by atoms with van der Waals surface area (Å²) in [6.07, 6.45) is -5.19. The van der Waals surface area contributed by atoms with Crippen molar-refractivity contribution in [2.45, 2.75) is 11.1 Å². The molecule has 0 saturated heterocycles. The number of alkyl halides is 3. The molecule has 3 aromatic rings. The fourth-order valence-corrected chi connectivity index (χ4v) is 4.49. The van der Waals surface area contributed by atoms with Crippen LogP contribution in [0.25, 0.3) is 5.69 Å². The molecule has 1 N–H and O–H groups in total. The van der Waals surface area contributed by atoms with Gasteiger partial charge in [0.05, 0.1) is 27.4 Å². The molecule has 1 amide bonds. The average molecular weight is 525 g/mol. The van der Waals surface area contributed by atoms with Crippen LogP contribution in [0.2, 0.25) is 15.1 Å². The quantitative estimate of drug-likeness (QED) is 0.546. The van der Waals surface area contributed by atoms with E-state index < -0.39 is 38.4 Å². The predicted octanol–water partition coefficient (Wildman–Crippen LogP) is 4.24. The Morgan fingerprint density at radius 2 is 1.78 bits per heavy atom. The number of carbonyl (C=O) groups is 1. The zero-order valence-electron chi connectivity index (χ0n) is 15.2. The third-order valence-corrected chi connectivity index (χ3v) is 6.22. The molecule has 0 radical (unpaired) electrons. The van der Waals surface area contributed by atoms with Crippen LogP contribution in [0.1, 0.15) is 21.7 Å². The van der Waals surface area contributed by atoms with E-state index in [2.05, 4.69) is 10.3 Å². The van der Waals surface area contributed by atoms with E-state index in [9.17, 15) is 26.4 Å². The summed E-state index contributed by atoms with van der Waals surface area (Å²) < 4.78 is 68.0. The van der Waals surface area contributed by atoms with Gasteiger partial charge in [-0.2, -0.15) is 18.4 Å². The molecule has 0 saturated carbocycles. The molecule has 0 atom stereocenters. The second-order valence-electron chi connectivity index (χ2n) is 5.98. The third-order valence-electron chi connectivity index (χ3n) is 3.87. The highest BCUT2D eigenvalue weighted by Gasteiger charge is 2.43. The highest BCUT2D eigenvalue weighted by atomic mass is 35.5. The Labute approximate surface area is 193 Å². The van der Waals surface area contributed by atoms with Crippen LogP contribution in [0.4, 0.5) is 13.2 Å². The van der Waals surface area contributed by atoms with Gasteiger partial charge in [0.2, 0.25) is 0 Å². The van der Waals surface area contributed by atoms with Crippen LogP contribution in [0.5, 0.6) is 0 Å². The van der Waals surface area contributed by atoms with E-state index in [0.29, 0.717) is 0 Å². The number of aromatic nitrogens is 3. The van der Waals surface area contributed by atoms with E-state index >= 15 is 0 Å². The van der Waals surface area contributed by atoms with Crippen molar-refractivity contribution in [3.8, 4) is 11.8 Å². The summed E-state index contributed by atoms with van der Waals surface area (Å²) in [6, 6.07) is 8.41. The Hall–Kier alpha value is -2.85. The van der Waals surface area contributed by atoms with E-state index in [1.807, 2.05) is 0 Å². The van der Waals surface area contributed by atoms with Gasteiger partial charge < -0.3 is 0 Å². The first-order chi connectivity index (χ1) is 14.8. The molecule has 0 unspecified atom stereocenters. The van der Waals surface area contributed by atoms with Gasteiger partial charge in [0.25, 0.3) is 15.9 Å². The number of rotatable bonds is 4. The molecule has 3 rings (SSSR count). The molecule has 1 aromatic heterocycles. The summed E-state index contributed by atoms with van der Waals surface area (Å²) in [5, 5.41) is 14.7. The third kappa shape index (κ3) is 4.66. The maximum atomic E-state index is 13.8. The molecule has 0 aliphatic heterocycles. The molecular weight excluding hydrogens is 518 g/mol. The second-order valence-corrected chi connectivity index (χ2v) is 8.89. The Morgan fingerprint density at radius 3 is 2.38 bits per heavy atom. The predicted molar refractivity (Wildman–Crippen MR) is 107 cm³/mol. The number of sulfonamides is 1. The summed E-state index contributed by atoms with van der Waals surface area (Å²) in [4.78, 5) is 11.8. The first kappa shape index (κ1) is 23.8. The molecular formula is C17H7Cl3F3N5O3S. The summed E-state index contributed by atoms with van der Waals surface area (Å²) in [5.41, 5.74) is -3.30. The first-order valence-corrected chi connectivity index (χ1v) is 10.7. The highest BCUT2D eigenvalue weighted by Crippen LogP contribution is 2.35. The minimum atomic E-state index is -5.19. The van der Waals surface area contributed by atoms with Crippen LogP contribution < -0.4 is 4.72 Å². The Kier molecular flexibility index (Phi) is 6.39. The van der Waals surface area contributed by atoms with Gasteiger partial charge in [-0.25, -0.2) is 17.8 Å². The monoisotopic (exact) mass is 523 g/mol. The van der Waals surface area contributed by atoms with Crippen molar-refractivity contribution in [2.24, 2.45) is 0 Å². The number of nitrogens with one attached hydrogen (secondary N) is 1. The van der Waals surface area contributed by atoms with Crippen LogP contribution in [-0.4, -0.2) is 29.3 Å². The number of benzene rings is 2. The van der Waals surface area contributed by atoms with Crippen molar-refractivity contribution in [3.63, 3.8) is 0 Å². The standard InChI is InChI=1S/C17H7Cl3F3N5O3S/c18-9-2-3-10(19)13(6-9)32(30,31)26-16(29)14-15(17(21,22)23)28(27-25-14)12-4-1-8(7-24)5-11(12)20/h1-6H,(H,26,29). The van der Waals surface area contributed by atoms with E-state index in [4.69, 9.17) is 40.1 Å². The van der Waals surface area contributed by atoms with Crippen LogP contribution in [0.3, 0.4) is 0 Å². The fourth-order valence-electron chi connectivity index (χ4n) is 2.51. The van der Waals surface area contributed by atoms with Gasteiger partial charge in [-0.1, -0.05) is 40.0 Å². The molecule has 0 fully saturated rings. The molecule has 0 bridgehead atoms. The van der Waals surface area contributed by atoms with Crippen molar-refractivity contribution in [1.29, 1.82) is 5.26 Å². The van der Waals surface area contributed by atoms with Crippen molar-refractivity contribution >= 4 is 50.7 Å². The van der Waals surface area contributed by atoms with Crippen molar-refractivity contribution < 1.29 is 26.4 Å². The number of nitrogens with zero attached hydrogens (tertiary/aromatic N) is 4. The van der Waals surface area contributed by atoms with Gasteiger partial charge in [0, 0.05) is 5.02 Å². The molecule has 8 nitrogen and oxygen atoms in total. The lowest BCUT2D eigenvalue weighted by molar-refractivity contribution is -0.143. The number of carbonyl (C=O) groups excluding carboxylic acids is 1. The number of nitriles is 1. The summed E-state index contributed by atoms with van der Waals surface area (Å²) >= 11 is 17.5. The van der Waals surface area contributed by atoms with Gasteiger partial charge >= 0.3 is 6.18 Å². The lowest BCUT2D eigenvalue weighted by Gasteiger charge is -2.13. The maximum absolute atomic E-state index is 13.8. The molecule has 0 aliphatic rings. The molecule has 15 heteroatoms. The minimum Gasteiger partial charge on any atom is -0.266 e. The normalized spacial score (nSPS) is 11.8. The van der Waals surface area contributed by atoms with E-state index in [1.165, 1.54) is 16.9 Å². The molecule has 32 heavy (non-hydrogen) atoms. The summed E-state index contributed by atoms with van der Waals surface area (Å²) in [6.45, 7) is 0. The lowest BCUT2D eigenvalue weighted by Crippen LogP contribution is -2.33. The van der Waals surface area contributed by atoms with Gasteiger partial charge in [0.1, 0.15) is 4.90 Å². The van der Waals surface area contributed by atoms with Gasteiger partial charge in [-0.05, 0) is 36.4 Å². The van der Waals surface area contributed by atoms with Crippen LogP contribution in [0.15, 0.2) is 41.3 Å².